The average molecular weight is 905 g/mol. The van der Waals surface area contributed by atoms with Crippen molar-refractivity contribution in [1.82, 2.24) is 10.6 Å². The fraction of sp³-hybridized carbons (Fsp3) is 0.273. The molecule has 0 heterocycles. The van der Waals surface area contributed by atoms with Gasteiger partial charge < -0.3 is 39.4 Å². The highest BCUT2D eigenvalue weighted by molar-refractivity contribution is 6.00. The first-order valence-corrected chi connectivity index (χ1v) is 22.2. The summed E-state index contributed by atoms with van der Waals surface area (Å²) in [5, 5.41) is 15.7. The number of aliphatic carboxylic acids is 1. The van der Waals surface area contributed by atoms with Crippen molar-refractivity contribution in [3.05, 3.63) is 189 Å². The van der Waals surface area contributed by atoms with Gasteiger partial charge in [0.15, 0.2) is 23.0 Å². The predicted molar refractivity (Wildman–Crippen MR) is 254 cm³/mol. The fourth-order valence-electron chi connectivity index (χ4n) is 8.74. The number of hydrogen-bond acceptors (Lipinski definition) is 9. The normalized spacial score (nSPS) is 13.7. The Morgan fingerprint density at radius 2 is 0.910 bits per heavy atom. The minimum absolute atomic E-state index is 0.250. The molecule has 12 nitrogen and oxygen atoms in total. The van der Waals surface area contributed by atoms with Crippen LogP contribution >= 0.6 is 0 Å². The molecule has 0 radical (unpaired) electrons. The van der Waals surface area contributed by atoms with Gasteiger partial charge in [-0.3, -0.25) is 9.59 Å². The number of amides is 2. The second kappa shape index (κ2) is 21.1. The summed E-state index contributed by atoms with van der Waals surface area (Å²) in [5.74, 6) is -0.369. The zero-order valence-corrected chi connectivity index (χ0v) is 38.5. The first-order chi connectivity index (χ1) is 32.3. The van der Waals surface area contributed by atoms with Crippen LogP contribution in [0.4, 0.5) is 0 Å². The number of carboxylic acid groups (broad SMARTS) is 1. The second-order valence-corrected chi connectivity index (χ2v) is 17.0. The zero-order valence-electron chi connectivity index (χ0n) is 38.5. The number of carboxylic acids is 1. The average Bonchev–Trinajstić information content (AvgIpc) is 3.91. The molecule has 0 fully saturated rings. The summed E-state index contributed by atoms with van der Waals surface area (Å²) in [4.78, 5) is 51.2. The van der Waals surface area contributed by atoms with Crippen LogP contribution in [0.1, 0.15) is 65.2 Å². The van der Waals surface area contributed by atoms with Gasteiger partial charge in [0, 0.05) is 49.7 Å². The van der Waals surface area contributed by atoms with E-state index in [1.54, 1.807) is 43.5 Å². The summed E-state index contributed by atoms with van der Waals surface area (Å²) in [6.07, 6.45) is 2.71. The van der Waals surface area contributed by atoms with Gasteiger partial charge in [0.05, 0.1) is 34.5 Å². The van der Waals surface area contributed by atoms with Crippen LogP contribution in [0.5, 0.6) is 23.0 Å². The van der Waals surface area contributed by atoms with Gasteiger partial charge in [-0.25, -0.2) is 9.59 Å². The maximum absolute atomic E-state index is 13.2. The topological polar surface area (TPSA) is 159 Å². The molecule has 8 rings (SSSR count). The zero-order chi connectivity index (χ0) is 47.6. The SMILES string of the molecule is COC(=O)C1(NC(=O)c2ccc(OC)c(OCCc3cccc(C)c3)c2)Cc2ccccc2C1.COc1ccc(C(=O)NC2(C(=O)O)Cc3ccccc3C2)cc1OCCc1cccc(C)c1. The number of ether oxygens (including phenoxy) is 5. The Morgan fingerprint density at radius 1 is 0.507 bits per heavy atom. The van der Waals surface area contributed by atoms with Crippen molar-refractivity contribution in [1.29, 1.82) is 0 Å². The quantitative estimate of drug-likeness (QED) is 0.0812. The van der Waals surface area contributed by atoms with Crippen molar-refractivity contribution in [2.75, 3.05) is 34.5 Å². The highest BCUT2D eigenvalue weighted by Gasteiger charge is 2.47. The second-order valence-electron chi connectivity index (χ2n) is 17.0. The van der Waals surface area contributed by atoms with E-state index in [4.69, 9.17) is 23.7 Å². The number of esters is 1. The van der Waals surface area contributed by atoms with E-state index in [0.717, 1.165) is 34.2 Å². The fourth-order valence-corrected chi connectivity index (χ4v) is 8.74. The van der Waals surface area contributed by atoms with E-state index in [9.17, 15) is 24.3 Å². The number of benzene rings is 6. The van der Waals surface area contributed by atoms with E-state index < -0.39 is 28.9 Å². The predicted octanol–water partition coefficient (Wildman–Crippen LogP) is 8.04. The molecule has 0 aromatic heterocycles. The van der Waals surface area contributed by atoms with E-state index in [0.29, 0.717) is 66.6 Å². The van der Waals surface area contributed by atoms with Gasteiger partial charge in [-0.05, 0) is 83.6 Å². The molecule has 2 amide bonds. The summed E-state index contributed by atoms with van der Waals surface area (Å²) < 4.78 is 27.8. The van der Waals surface area contributed by atoms with Gasteiger partial charge in [-0.15, -0.1) is 0 Å². The lowest BCUT2D eigenvalue weighted by Crippen LogP contribution is -2.56. The molecule has 2 aliphatic rings. The van der Waals surface area contributed by atoms with Crippen LogP contribution in [0.25, 0.3) is 0 Å². The maximum Gasteiger partial charge on any atom is 0.332 e. The molecule has 346 valence electrons. The van der Waals surface area contributed by atoms with Crippen LogP contribution in [0.15, 0.2) is 133 Å². The lowest BCUT2D eigenvalue weighted by Gasteiger charge is -2.27. The van der Waals surface area contributed by atoms with Crippen LogP contribution in [0.3, 0.4) is 0 Å². The van der Waals surface area contributed by atoms with Crippen LogP contribution in [-0.2, 0) is 52.9 Å². The number of methoxy groups -OCH3 is 3. The maximum atomic E-state index is 13.2. The minimum atomic E-state index is -1.37. The molecule has 6 aromatic rings. The Bertz CT molecular complexity index is 2710. The standard InChI is InChI=1S/C28H29NO5.C27H27NO5/c1-19-7-6-8-20(15-19)13-14-34-25-16-21(11-12-24(25)32-2)26(30)29-28(27(31)33-3)17-22-9-4-5-10-23(22)18-28;1-18-6-5-7-19(14-18)12-13-33-24-15-20(10-11-23(24)32-2)25(29)28-27(26(30)31)16-21-8-3-4-9-22(21)17-27/h4-12,15-16H,13-14,17-18H2,1-3H3,(H,29,30);3-11,14-15H,12-13,16-17H2,1-2H3,(H,28,29)(H,30,31). The van der Waals surface area contributed by atoms with Crippen LogP contribution in [0, 0.1) is 13.8 Å². The van der Waals surface area contributed by atoms with E-state index in [1.165, 1.54) is 30.9 Å². The summed E-state index contributed by atoms with van der Waals surface area (Å²) in [5.41, 5.74) is 6.85. The summed E-state index contributed by atoms with van der Waals surface area (Å²) in [7, 11) is 4.44. The van der Waals surface area contributed by atoms with Gasteiger partial charge in [0.25, 0.3) is 11.8 Å². The molecule has 67 heavy (non-hydrogen) atoms. The van der Waals surface area contributed by atoms with Crippen molar-refractivity contribution < 1.29 is 48.0 Å². The third-order valence-electron chi connectivity index (χ3n) is 12.2. The third-order valence-corrected chi connectivity index (χ3v) is 12.2. The Kier molecular flexibility index (Phi) is 14.9. The minimum Gasteiger partial charge on any atom is -0.493 e. The Hall–Kier alpha value is -7.60. The molecule has 0 spiro atoms. The molecule has 12 heteroatoms. The van der Waals surface area contributed by atoms with Crippen molar-refractivity contribution in [3.8, 4) is 23.0 Å². The number of nitrogens with one attached hydrogen (secondary N) is 2. The van der Waals surface area contributed by atoms with Crippen molar-refractivity contribution >= 4 is 23.8 Å². The van der Waals surface area contributed by atoms with E-state index in [1.807, 2.05) is 79.7 Å². The highest BCUT2D eigenvalue weighted by Crippen LogP contribution is 2.35. The summed E-state index contributed by atoms with van der Waals surface area (Å²) >= 11 is 0. The van der Waals surface area contributed by atoms with Crippen molar-refractivity contribution in [2.45, 2.75) is 63.5 Å². The number of carbonyl (C=O) groups excluding carboxylic acids is 3. The van der Waals surface area contributed by atoms with Gasteiger partial charge in [-0.1, -0.05) is 108 Å². The van der Waals surface area contributed by atoms with Crippen LogP contribution in [-0.4, -0.2) is 74.5 Å². The molecule has 6 aromatic carbocycles. The van der Waals surface area contributed by atoms with Crippen molar-refractivity contribution in [2.24, 2.45) is 0 Å². The van der Waals surface area contributed by atoms with Gasteiger partial charge in [-0.2, -0.15) is 0 Å². The summed E-state index contributed by atoms with van der Waals surface area (Å²) in [6, 6.07) is 41.7. The number of rotatable bonds is 16. The molecule has 0 saturated heterocycles. The van der Waals surface area contributed by atoms with E-state index in [2.05, 4.69) is 41.8 Å². The van der Waals surface area contributed by atoms with Gasteiger partial charge in [0.1, 0.15) is 11.1 Å². The lowest BCUT2D eigenvalue weighted by molar-refractivity contribution is -0.148. The monoisotopic (exact) mass is 904 g/mol. The molecular formula is C55H56N2O10. The molecule has 0 unspecified atom stereocenters. The molecule has 0 aliphatic heterocycles. The molecule has 2 aliphatic carbocycles. The molecule has 0 atom stereocenters. The Morgan fingerprint density at radius 3 is 1.28 bits per heavy atom. The van der Waals surface area contributed by atoms with Gasteiger partial charge >= 0.3 is 11.9 Å². The smallest absolute Gasteiger partial charge is 0.332 e. The highest BCUT2D eigenvalue weighted by atomic mass is 16.5. The molecule has 0 bridgehead atoms. The molecule has 0 saturated carbocycles. The third kappa shape index (κ3) is 11.3. The molecular weight excluding hydrogens is 849 g/mol. The number of aryl methyl sites for hydroxylation is 2. The van der Waals surface area contributed by atoms with E-state index in [-0.39, 0.29) is 18.7 Å². The van der Waals surface area contributed by atoms with Crippen molar-refractivity contribution in [3.63, 3.8) is 0 Å². The first-order valence-electron chi connectivity index (χ1n) is 22.2. The van der Waals surface area contributed by atoms with E-state index >= 15 is 0 Å². The lowest BCUT2D eigenvalue weighted by atomic mass is 9.95. The summed E-state index contributed by atoms with van der Waals surface area (Å²) in [6.45, 7) is 4.95. The number of carbonyl (C=O) groups is 4. The molecule has 3 N–H and O–H groups in total. The largest absolute Gasteiger partial charge is 0.493 e. The number of hydrogen-bond donors (Lipinski definition) is 3. The van der Waals surface area contributed by atoms with Crippen LogP contribution in [0.2, 0.25) is 0 Å². The van der Waals surface area contributed by atoms with Crippen LogP contribution < -0.4 is 29.6 Å². The van der Waals surface area contributed by atoms with Gasteiger partial charge in [0.2, 0.25) is 0 Å². The Labute approximate surface area is 391 Å². The Balaban J connectivity index is 0.000000199. The first kappa shape index (κ1) is 47.4. The number of fused-ring (bicyclic) bond motifs is 2.